The number of hydrogen-bond acceptors (Lipinski definition) is 3. The number of nitrogens with one attached hydrogen (secondary N) is 2. The molecule has 0 fully saturated rings. The molecule has 3 rings (SSSR count). The molecule has 0 unspecified atom stereocenters. The Morgan fingerprint density at radius 1 is 1.10 bits per heavy atom. The number of nitrogens with zero attached hydrogens (tertiary/aromatic N) is 2. The molecule has 1 aromatic heterocycles. The first-order valence-electron chi connectivity index (χ1n) is 9.44. The van der Waals surface area contributed by atoms with Crippen LogP contribution in [-0.2, 0) is 11.3 Å². The fraction of sp³-hybridized carbons (Fsp3) is 0.227. The van der Waals surface area contributed by atoms with Gasteiger partial charge in [-0.1, -0.05) is 60.1 Å². The number of aromatic nitrogens is 2. The van der Waals surface area contributed by atoms with Crippen molar-refractivity contribution in [3.05, 3.63) is 76.9 Å². The largest absolute Gasteiger partial charge is 0.355 e. The van der Waals surface area contributed by atoms with Crippen LogP contribution in [0.1, 0.15) is 29.8 Å². The lowest BCUT2D eigenvalue weighted by Crippen LogP contribution is -2.44. The van der Waals surface area contributed by atoms with Crippen molar-refractivity contribution in [1.82, 2.24) is 20.4 Å². The van der Waals surface area contributed by atoms with Crippen molar-refractivity contribution < 1.29 is 9.59 Å². The van der Waals surface area contributed by atoms with E-state index in [1.165, 1.54) is 0 Å². The van der Waals surface area contributed by atoms with Crippen molar-refractivity contribution in [3.8, 4) is 11.3 Å². The number of amides is 2. The van der Waals surface area contributed by atoms with Gasteiger partial charge in [0.2, 0.25) is 5.91 Å². The third-order valence-corrected chi connectivity index (χ3v) is 4.80. The Labute approximate surface area is 174 Å². The van der Waals surface area contributed by atoms with Crippen LogP contribution in [-0.4, -0.2) is 34.2 Å². The third kappa shape index (κ3) is 5.03. The summed E-state index contributed by atoms with van der Waals surface area (Å²) in [5.41, 5.74) is 2.68. The van der Waals surface area contributed by atoms with E-state index in [1.54, 1.807) is 17.8 Å². The molecule has 0 aliphatic heterocycles. The van der Waals surface area contributed by atoms with E-state index in [0.29, 0.717) is 29.4 Å². The minimum Gasteiger partial charge on any atom is -0.355 e. The standard InChI is InChI=1S/C22H23ClN4O2/c1-3-24-21(28)15(2)25-22(29)18-14-27(13-17-11-7-8-12-19(17)23)26-20(18)16-9-5-4-6-10-16/h4-12,14-15H,3,13H2,1-2H3,(H,24,28)(H,25,29)/t15-/m1/s1. The zero-order valence-corrected chi connectivity index (χ0v) is 17.1. The van der Waals surface area contributed by atoms with Gasteiger partial charge in [-0.15, -0.1) is 0 Å². The first-order valence-corrected chi connectivity index (χ1v) is 9.82. The highest BCUT2D eigenvalue weighted by Gasteiger charge is 2.22. The fourth-order valence-electron chi connectivity index (χ4n) is 2.95. The Kier molecular flexibility index (Phi) is 6.67. The lowest BCUT2D eigenvalue weighted by atomic mass is 10.1. The van der Waals surface area contributed by atoms with Gasteiger partial charge in [0.1, 0.15) is 11.7 Å². The average Bonchev–Trinajstić information content (AvgIpc) is 3.14. The van der Waals surface area contributed by atoms with E-state index in [0.717, 1.165) is 11.1 Å². The molecule has 0 aliphatic carbocycles. The van der Waals surface area contributed by atoms with E-state index >= 15 is 0 Å². The van der Waals surface area contributed by atoms with Crippen LogP contribution in [0.25, 0.3) is 11.3 Å². The molecule has 29 heavy (non-hydrogen) atoms. The average molecular weight is 411 g/mol. The zero-order chi connectivity index (χ0) is 20.8. The molecule has 0 aliphatic rings. The molecule has 0 radical (unpaired) electrons. The predicted molar refractivity (Wildman–Crippen MR) is 114 cm³/mol. The lowest BCUT2D eigenvalue weighted by Gasteiger charge is -2.13. The molecule has 1 heterocycles. The summed E-state index contributed by atoms with van der Waals surface area (Å²) < 4.78 is 1.69. The van der Waals surface area contributed by atoms with Crippen LogP contribution in [0.4, 0.5) is 0 Å². The predicted octanol–water partition coefficient (Wildman–Crippen LogP) is 3.51. The summed E-state index contributed by atoms with van der Waals surface area (Å²) in [4.78, 5) is 24.9. The molecule has 1 atom stereocenters. The number of halogens is 1. The summed E-state index contributed by atoms with van der Waals surface area (Å²) in [6.45, 7) is 4.42. The highest BCUT2D eigenvalue weighted by molar-refractivity contribution is 6.31. The second kappa shape index (κ2) is 9.39. The van der Waals surface area contributed by atoms with Crippen LogP contribution in [0.2, 0.25) is 5.02 Å². The number of likely N-dealkylation sites (N-methyl/N-ethyl adjacent to an activating group) is 1. The minimum atomic E-state index is -0.655. The van der Waals surface area contributed by atoms with Crippen molar-refractivity contribution in [2.75, 3.05) is 6.54 Å². The van der Waals surface area contributed by atoms with Gasteiger partial charge in [0, 0.05) is 23.3 Å². The van der Waals surface area contributed by atoms with Gasteiger partial charge >= 0.3 is 0 Å². The van der Waals surface area contributed by atoms with Crippen LogP contribution >= 0.6 is 11.6 Å². The number of hydrogen-bond donors (Lipinski definition) is 2. The first-order chi connectivity index (χ1) is 14.0. The Bertz CT molecular complexity index is 1000. The molecule has 6 nitrogen and oxygen atoms in total. The number of benzene rings is 2. The summed E-state index contributed by atoms with van der Waals surface area (Å²) in [5.74, 6) is -0.585. The summed E-state index contributed by atoms with van der Waals surface area (Å²) in [5, 5.41) is 10.7. The zero-order valence-electron chi connectivity index (χ0n) is 16.4. The number of carbonyl (C=O) groups is 2. The van der Waals surface area contributed by atoms with Crippen molar-refractivity contribution in [1.29, 1.82) is 0 Å². The normalized spacial score (nSPS) is 11.7. The van der Waals surface area contributed by atoms with Gasteiger partial charge in [0.05, 0.1) is 12.1 Å². The topological polar surface area (TPSA) is 76.0 Å². The molecule has 0 saturated heterocycles. The quantitative estimate of drug-likeness (QED) is 0.625. The van der Waals surface area contributed by atoms with Crippen molar-refractivity contribution in [2.24, 2.45) is 0 Å². The SMILES string of the molecule is CCNC(=O)[C@@H](C)NC(=O)c1cn(Cc2ccccc2Cl)nc1-c1ccccc1. The van der Waals surface area contributed by atoms with Gasteiger partial charge in [0.15, 0.2) is 0 Å². The molecule has 150 valence electrons. The summed E-state index contributed by atoms with van der Waals surface area (Å²) in [6.07, 6.45) is 1.69. The van der Waals surface area contributed by atoms with Gasteiger partial charge < -0.3 is 10.6 Å². The van der Waals surface area contributed by atoms with Crippen LogP contribution in [0.15, 0.2) is 60.8 Å². The molecule has 0 bridgehead atoms. The number of carbonyl (C=O) groups excluding carboxylic acids is 2. The van der Waals surface area contributed by atoms with Gasteiger partial charge in [-0.05, 0) is 25.5 Å². The summed E-state index contributed by atoms with van der Waals surface area (Å²) in [7, 11) is 0. The first kappa shape index (κ1) is 20.6. The molecule has 0 saturated carbocycles. The van der Waals surface area contributed by atoms with Gasteiger partial charge in [0.25, 0.3) is 5.91 Å². The van der Waals surface area contributed by atoms with E-state index in [4.69, 9.17) is 11.6 Å². The molecule has 7 heteroatoms. The Balaban J connectivity index is 1.92. The summed E-state index contributed by atoms with van der Waals surface area (Å²) >= 11 is 6.27. The molecule has 2 N–H and O–H groups in total. The molecule has 2 amide bonds. The second-order valence-corrected chi connectivity index (χ2v) is 7.04. The van der Waals surface area contributed by atoms with Gasteiger partial charge in [-0.25, -0.2) is 0 Å². The Hall–Kier alpha value is -3.12. The minimum absolute atomic E-state index is 0.231. The van der Waals surface area contributed by atoms with Crippen LogP contribution in [0, 0.1) is 0 Å². The van der Waals surface area contributed by atoms with E-state index in [-0.39, 0.29) is 11.8 Å². The Morgan fingerprint density at radius 2 is 1.79 bits per heavy atom. The maximum Gasteiger partial charge on any atom is 0.255 e. The molecule has 0 spiro atoms. The van der Waals surface area contributed by atoms with Crippen molar-refractivity contribution in [3.63, 3.8) is 0 Å². The maximum atomic E-state index is 12.9. The van der Waals surface area contributed by atoms with Crippen molar-refractivity contribution >= 4 is 23.4 Å². The molecule has 3 aromatic rings. The lowest BCUT2D eigenvalue weighted by molar-refractivity contribution is -0.122. The second-order valence-electron chi connectivity index (χ2n) is 6.64. The van der Waals surface area contributed by atoms with Gasteiger partial charge in [-0.2, -0.15) is 5.10 Å². The van der Waals surface area contributed by atoms with Gasteiger partial charge in [-0.3, -0.25) is 14.3 Å². The van der Waals surface area contributed by atoms with Crippen LogP contribution in [0.5, 0.6) is 0 Å². The van der Waals surface area contributed by atoms with E-state index < -0.39 is 6.04 Å². The van der Waals surface area contributed by atoms with E-state index in [1.807, 2.05) is 61.5 Å². The Morgan fingerprint density at radius 3 is 2.48 bits per heavy atom. The summed E-state index contributed by atoms with van der Waals surface area (Å²) in [6, 6.07) is 16.3. The molecular formula is C22H23ClN4O2. The van der Waals surface area contributed by atoms with Crippen LogP contribution < -0.4 is 10.6 Å². The smallest absolute Gasteiger partial charge is 0.255 e. The van der Waals surface area contributed by atoms with E-state index in [2.05, 4.69) is 15.7 Å². The monoisotopic (exact) mass is 410 g/mol. The fourth-order valence-corrected chi connectivity index (χ4v) is 3.14. The highest BCUT2D eigenvalue weighted by Crippen LogP contribution is 2.23. The van der Waals surface area contributed by atoms with E-state index in [9.17, 15) is 9.59 Å². The van der Waals surface area contributed by atoms with Crippen molar-refractivity contribution in [2.45, 2.75) is 26.4 Å². The molecule has 2 aromatic carbocycles. The highest BCUT2D eigenvalue weighted by atomic mass is 35.5. The number of rotatable bonds is 7. The van der Waals surface area contributed by atoms with Crippen LogP contribution in [0.3, 0.4) is 0 Å². The third-order valence-electron chi connectivity index (χ3n) is 4.44. The maximum absolute atomic E-state index is 12.9. The molecular weight excluding hydrogens is 388 g/mol.